The Kier molecular flexibility index (Phi) is 6.81. The Morgan fingerprint density at radius 1 is 1.19 bits per heavy atom. The molecule has 0 unspecified atom stereocenters. The molecule has 2 amide bonds. The standard InChI is InChI=1S/C22H21ClN2O6/c1-13(2)31-19(26)12-30-20-17(23)10-14(11-18(20)29-3)9-16-21(27)24-25(22(16)28)15-7-5-4-6-8-15/h4-11,13H,12H2,1-3H3,(H,24,27). The van der Waals surface area contributed by atoms with Gasteiger partial charge in [0.2, 0.25) is 0 Å². The van der Waals surface area contributed by atoms with Crippen LogP contribution in [-0.2, 0) is 19.1 Å². The molecule has 1 saturated heterocycles. The molecule has 8 nitrogen and oxygen atoms in total. The summed E-state index contributed by atoms with van der Waals surface area (Å²) < 4.78 is 15.8. The van der Waals surface area contributed by atoms with Gasteiger partial charge in [0.25, 0.3) is 11.8 Å². The van der Waals surface area contributed by atoms with Crippen LogP contribution in [-0.4, -0.2) is 37.6 Å². The summed E-state index contributed by atoms with van der Waals surface area (Å²) in [6, 6.07) is 11.8. The lowest BCUT2D eigenvalue weighted by molar-refractivity contribution is -0.149. The Morgan fingerprint density at radius 2 is 1.90 bits per heavy atom. The number of para-hydroxylation sites is 1. The minimum atomic E-state index is -0.548. The Hall–Kier alpha value is -3.52. The summed E-state index contributed by atoms with van der Waals surface area (Å²) in [6.07, 6.45) is 1.14. The predicted molar refractivity (Wildman–Crippen MR) is 115 cm³/mol. The number of benzene rings is 2. The fourth-order valence-electron chi connectivity index (χ4n) is 2.87. The maximum Gasteiger partial charge on any atom is 0.344 e. The number of halogens is 1. The van der Waals surface area contributed by atoms with Crippen molar-refractivity contribution in [1.29, 1.82) is 0 Å². The van der Waals surface area contributed by atoms with E-state index in [1.54, 1.807) is 44.2 Å². The third-order valence-corrected chi connectivity index (χ3v) is 4.45. The van der Waals surface area contributed by atoms with Crippen molar-refractivity contribution in [3.8, 4) is 11.5 Å². The number of carbonyl (C=O) groups excluding carboxylic acids is 3. The summed E-state index contributed by atoms with van der Waals surface area (Å²) >= 11 is 6.30. The lowest BCUT2D eigenvalue weighted by atomic mass is 10.1. The first-order valence-corrected chi connectivity index (χ1v) is 9.80. The van der Waals surface area contributed by atoms with Gasteiger partial charge in [-0.1, -0.05) is 29.8 Å². The van der Waals surface area contributed by atoms with E-state index in [1.165, 1.54) is 24.3 Å². The van der Waals surface area contributed by atoms with Crippen molar-refractivity contribution in [1.82, 2.24) is 5.43 Å². The highest BCUT2D eigenvalue weighted by molar-refractivity contribution is 6.33. The van der Waals surface area contributed by atoms with Gasteiger partial charge in [-0.3, -0.25) is 15.0 Å². The van der Waals surface area contributed by atoms with E-state index in [-0.39, 0.29) is 34.8 Å². The molecule has 0 radical (unpaired) electrons. The van der Waals surface area contributed by atoms with Crippen LogP contribution in [0.25, 0.3) is 6.08 Å². The number of carbonyl (C=O) groups is 3. The Balaban J connectivity index is 1.84. The normalized spacial score (nSPS) is 14.7. The second kappa shape index (κ2) is 9.53. The Bertz CT molecular complexity index is 1040. The van der Waals surface area contributed by atoms with Crippen LogP contribution in [0.2, 0.25) is 5.02 Å². The maximum atomic E-state index is 12.7. The molecule has 1 heterocycles. The van der Waals surface area contributed by atoms with Gasteiger partial charge in [0.1, 0.15) is 5.57 Å². The number of nitrogens with zero attached hydrogens (tertiary/aromatic N) is 1. The van der Waals surface area contributed by atoms with E-state index in [0.717, 1.165) is 0 Å². The molecule has 0 atom stereocenters. The van der Waals surface area contributed by atoms with Gasteiger partial charge in [0.05, 0.1) is 23.9 Å². The number of amides is 2. The number of esters is 1. The van der Waals surface area contributed by atoms with Crippen LogP contribution in [0.5, 0.6) is 11.5 Å². The number of methoxy groups -OCH3 is 1. The van der Waals surface area contributed by atoms with E-state index in [0.29, 0.717) is 11.3 Å². The van der Waals surface area contributed by atoms with Gasteiger partial charge < -0.3 is 14.2 Å². The van der Waals surface area contributed by atoms with E-state index < -0.39 is 17.8 Å². The average Bonchev–Trinajstić information content (AvgIpc) is 3.01. The summed E-state index contributed by atoms with van der Waals surface area (Å²) in [7, 11) is 1.41. The monoisotopic (exact) mass is 444 g/mol. The van der Waals surface area contributed by atoms with Crippen molar-refractivity contribution >= 4 is 41.1 Å². The van der Waals surface area contributed by atoms with Crippen molar-refractivity contribution in [3.63, 3.8) is 0 Å². The molecule has 1 aliphatic heterocycles. The van der Waals surface area contributed by atoms with Gasteiger partial charge in [-0.15, -0.1) is 0 Å². The maximum absolute atomic E-state index is 12.7. The van der Waals surface area contributed by atoms with Crippen LogP contribution in [0.4, 0.5) is 5.69 Å². The van der Waals surface area contributed by atoms with E-state index in [9.17, 15) is 14.4 Å². The summed E-state index contributed by atoms with van der Waals surface area (Å²) in [5.41, 5.74) is 3.46. The molecule has 3 rings (SSSR count). The van der Waals surface area contributed by atoms with Crippen molar-refractivity contribution in [2.24, 2.45) is 0 Å². The largest absolute Gasteiger partial charge is 0.493 e. The Labute approximate surface area is 184 Å². The Morgan fingerprint density at radius 3 is 2.55 bits per heavy atom. The van der Waals surface area contributed by atoms with Gasteiger partial charge in [0.15, 0.2) is 18.1 Å². The summed E-state index contributed by atoms with van der Waals surface area (Å²) in [6.45, 7) is 3.11. The van der Waals surface area contributed by atoms with Crippen LogP contribution in [0, 0.1) is 0 Å². The van der Waals surface area contributed by atoms with E-state index in [2.05, 4.69) is 5.43 Å². The molecular formula is C22H21ClN2O6. The lowest BCUT2D eigenvalue weighted by Crippen LogP contribution is -2.35. The molecule has 0 saturated carbocycles. The zero-order chi connectivity index (χ0) is 22.5. The zero-order valence-corrected chi connectivity index (χ0v) is 17.9. The van der Waals surface area contributed by atoms with Crippen molar-refractivity contribution < 1.29 is 28.6 Å². The molecule has 31 heavy (non-hydrogen) atoms. The lowest BCUT2D eigenvalue weighted by Gasteiger charge is -2.14. The SMILES string of the molecule is COc1cc(C=C2C(=O)NN(c3ccccc3)C2=O)cc(Cl)c1OCC(=O)OC(C)C. The number of rotatable bonds is 7. The topological polar surface area (TPSA) is 94.2 Å². The van der Waals surface area contributed by atoms with Crippen LogP contribution in [0.15, 0.2) is 48.0 Å². The fourth-order valence-corrected chi connectivity index (χ4v) is 3.15. The fraction of sp³-hybridized carbons (Fsp3) is 0.227. The molecule has 1 N–H and O–H groups in total. The van der Waals surface area contributed by atoms with E-state index in [4.69, 9.17) is 25.8 Å². The summed E-state index contributed by atoms with van der Waals surface area (Å²) in [5.74, 6) is -1.19. The van der Waals surface area contributed by atoms with Gasteiger partial charge in [-0.25, -0.2) is 9.80 Å². The van der Waals surface area contributed by atoms with Crippen LogP contribution in [0.3, 0.4) is 0 Å². The second-order valence-corrected chi connectivity index (χ2v) is 7.24. The van der Waals surface area contributed by atoms with Crippen molar-refractivity contribution in [2.45, 2.75) is 20.0 Å². The second-order valence-electron chi connectivity index (χ2n) is 6.84. The molecule has 9 heteroatoms. The highest BCUT2D eigenvalue weighted by Gasteiger charge is 2.34. The first kappa shape index (κ1) is 22.2. The molecular weight excluding hydrogens is 424 g/mol. The molecule has 2 aromatic rings. The first-order chi connectivity index (χ1) is 14.8. The van der Waals surface area contributed by atoms with E-state index in [1.807, 2.05) is 6.07 Å². The number of hydrogen-bond acceptors (Lipinski definition) is 6. The predicted octanol–water partition coefficient (Wildman–Crippen LogP) is 3.14. The molecule has 2 aromatic carbocycles. The average molecular weight is 445 g/mol. The third-order valence-electron chi connectivity index (χ3n) is 4.17. The molecule has 1 fully saturated rings. The highest BCUT2D eigenvalue weighted by Crippen LogP contribution is 2.37. The minimum Gasteiger partial charge on any atom is -0.493 e. The smallest absolute Gasteiger partial charge is 0.344 e. The quantitative estimate of drug-likeness (QED) is 0.400. The van der Waals surface area contributed by atoms with Gasteiger partial charge in [-0.05, 0) is 49.8 Å². The number of ether oxygens (including phenoxy) is 3. The zero-order valence-electron chi connectivity index (χ0n) is 17.2. The number of hydrogen-bond donors (Lipinski definition) is 1. The highest BCUT2D eigenvalue weighted by atomic mass is 35.5. The summed E-state index contributed by atoms with van der Waals surface area (Å²) in [5, 5.41) is 1.32. The molecule has 0 aromatic heterocycles. The third kappa shape index (κ3) is 5.16. The van der Waals surface area contributed by atoms with Crippen LogP contribution >= 0.6 is 11.6 Å². The van der Waals surface area contributed by atoms with Gasteiger partial charge in [0, 0.05) is 0 Å². The minimum absolute atomic E-state index is 0.0591. The summed E-state index contributed by atoms with van der Waals surface area (Å²) in [4.78, 5) is 36.8. The molecule has 0 aliphatic carbocycles. The number of anilines is 1. The van der Waals surface area contributed by atoms with Gasteiger partial charge >= 0.3 is 5.97 Å². The molecule has 0 spiro atoms. The van der Waals surface area contributed by atoms with Crippen molar-refractivity contribution in [2.75, 3.05) is 18.7 Å². The molecule has 162 valence electrons. The molecule has 1 aliphatic rings. The van der Waals surface area contributed by atoms with Crippen LogP contribution in [0.1, 0.15) is 19.4 Å². The van der Waals surface area contributed by atoms with Gasteiger partial charge in [-0.2, -0.15) is 0 Å². The van der Waals surface area contributed by atoms with E-state index >= 15 is 0 Å². The first-order valence-electron chi connectivity index (χ1n) is 9.42. The number of hydrazine groups is 1. The van der Waals surface area contributed by atoms with Crippen LogP contribution < -0.4 is 19.9 Å². The molecule has 0 bridgehead atoms. The number of nitrogens with one attached hydrogen (secondary N) is 1. The van der Waals surface area contributed by atoms with Crippen molar-refractivity contribution in [3.05, 3.63) is 58.6 Å².